The van der Waals surface area contributed by atoms with Crippen molar-refractivity contribution in [3.63, 3.8) is 0 Å². The highest BCUT2D eigenvalue weighted by molar-refractivity contribution is 5.92. The number of carboxylic acid groups (broad SMARTS) is 2. The van der Waals surface area contributed by atoms with Crippen molar-refractivity contribution in [2.24, 2.45) is 5.73 Å². The summed E-state index contributed by atoms with van der Waals surface area (Å²) in [5.41, 5.74) is 5.38. The second kappa shape index (κ2) is 20.6. The van der Waals surface area contributed by atoms with Gasteiger partial charge in [0.05, 0.1) is 5.56 Å². The fraction of sp³-hybridized carbons (Fsp3) is 0.583. The minimum absolute atomic E-state index is 0.312. The maximum Gasteiger partial charge on any atom is 0.327 e. The molecule has 1 amide bonds. The van der Waals surface area contributed by atoms with Gasteiger partial charge in [0.25, 0.3) is 0 Å². The molecule has 7 nitrogen and oxygen atoms in total. The van der Waals surface area contributed by atoms with E-state index in [-0.39, 0.29) is 0 Å². The molecule has 174 valence electrons. The zero-order chi connectivity index (χ0) is 23.2. The van der Waals surface area contributed by atoms with Crippen LogP contribution in [0.2, 0.25) is 0 Å². The number of nitrogens with two attached hydrogens (primary N) is 1. The van der Waals surface area contributed by atoms with E-state index in [1.165, 1.54) is 63.6 Å². The second-order valence-corrected chi connectivity index (χ2v) is 7.52. The lowest BCUT2D eigenvalue weighted by Crippen LogP contribution is -2.10. The fourth-order valence-electron chi connectivity index (χ4n) is 3.00. The summed E-state index contributed by atoms with van der Waals surface area (Å²) in [7, 11) is 0. The number of hydrogen-bond donors (Lipinski definition) is 3. The molecule has 0 aliphatic heterocycles. The Labute approximate surface area is 185 Å². The molecule has 0 aliphatic carbocycles. The lowest BCUT2D eigenvalue weighted by molar-refractivity contribution is -0.137. The number of carbonyl (C=O) groups is 3. The molecule has 0 atom stereocenters. The van der Waals surface area contributed by atoms with Gasteiger partial charge in [-0.1, -0.05) is 70.3 Å². The van der Waals surface area contributed by atoms with Crippen LogP contribution in [0.4, 0.5) is 0 Å². The van der Waals surface area contributed by atoms with Gasteiger partial charge in [-0.3, -0.25) is 14.6 Å². The van der Waals surface area contributed by atoms with Gasteiger partial charge in [-0.2, -0.15) is 0 Å². The quantitative estimate of drug-likeness (QED) is 0.224. The van der Waals surface area contributed by atoms with Crippen LogP contribution in [-0.4, -0.2) is 33.0 Å². The van der Waals surface area contributed by atoms with Gasteiger partial charge in [0.2, 0.25) is 5.91 Å². The Balaban J connectivity index is 0.000000823. The van der Waals surface area contributed by atoms with E-state index in [1.54, 1.807) is 24.4 Å². The molecular formula is C24H38N2O5. The number of carbonyl (C=O) groups excluding carboxylic acids is 1. The number of aromatic nitrogens is 1. The zero-order valence-electron chi connectivity index (χ0n) is 18.5. The van der Waals surface area contributed by atoms with Gasteiger partial charge in [-0.05, 0) is 31.4 Å². The normalized spacial score (nSPS) is 10.5. The van der Waals surface area contributed by atoms with Gasteiger partial charge in [-0.15, -0.1) is 0 Å². The molecule has 0 fully saturated rings. The van der Waals surface area contributed by atoms with Crippen molar-refractivity contribution in [3.8, 4) is 0 Å². The van der Waals surface area contributed by atoms with Crippen LogP contribution in [-0.2, 0) is 9.59 Å². The molecule has 1 aromatic rings. The predicted molar refractivity (Wildman–Crippen MR) is 122 cm³/mol. The summed E-state index contributed by atoms with van der Waals surface area (Å²) in [6.45, 7) is 0. The first-order chi connectivity index (χ1) is 14.9. The third-order valence-corrected chi connectivity index (χ3v) is 4.72. The Morgan fingerprint density at radius 1 is 0.839 bits per heavy atom. The summed E-state index contributed by atoms with van der Waals surface area (Å²) in [5.74, 6) is -1.98. The van der Waals surface area contributed by atoms with Crippen LogP contribution >= 0.6 is 0 Å². The Hall–Kier alpha value is -2.70. The summed E-state index contributed by atoms with van der Waals surface area (Å²) in [6, 6.07) is 3.29. The van der Waals surface area contributed by atoms with Crippen molar-refractivity contribution in [1.29, 1.82) is 0 Å². The average molecular weight is 435 g/mol. The standard InChI is InChI=1S/C18H32O4.C6H6N2O/c19-17(20)15-13-11-9-7-5-3-1-2-4-6-8-10-12-14-16-18(21)22;7-6(9)5-2-1-3-8-4-5/h13,15H,1-12,14,16H2,(H,19,20)(H,21,22);1-4H,(H2,7,9). The van der Waals surface area contributed by atoms with E-state index in [1.807, 2.05) is 0 Å². The number of pyridine rings is 1. The third kappa shape index (κ3) is 21.8. The first-order valence-corrected chi connectivity index (χ1v) is 11.2. The van der Waals surface area contributed by atoms with Crippen LogP contribution in [0.3, 0.4) is 0 Å². The van der Waals surface area contributed by atoms with Crippen molar-refractivity contribution in [1.82, 2.24) is 4.98 Å². The maximum atomic E-state index is 10.4. The number of rotatable bonds is 17. The molecule has 0 radical (unpaired) electrons. The molecule has 0 aromatic carbocycles. The molecule has 0 bridgehead atoms. The number of aliphatic carboxylic acids is 2. The summed E-state index contributed by atoms with van der Waals surface area (Å²) in [4.78, 5) is 34.7. The molecule has 0 spiro atoms. The van der Waals surface area contributed by atoms with E-state index in [0.717, 1.165) is 32.1 Å². The van der Waals surface area contributed by atoms with E-state index >= 15 is 0 Å². The first kappa shape index (κ1) is 28.3. The molecular weight excluding hydrogens is 396 g/mol. The molecule has 0 saturated carbocycles. The van der Waals surface area contributed by atoms with Crippen molar-refractivity contribution in [2.45, 2.75) is 89.9 Å². The lowest BCUT2D eigenvalue weighted by Gasteiger charge is -2.02. The van der Waals surface area contributed by atoms with Crippen molar-refractivity contribution in [2.75, 3.05) is 0 Å². The Morgan fingerprint density at radius 3 is 1.74 bits per heavy atom. The molecule has 0 saturated heterocycles. The third-order valence-electron chi connectivity index (χ3n) is 4.72. The molecule has 1 aromatic heterocycles. The van der Waals surface area contributed by atoms with Gasteiger partial charge in [0.1, 0.15) is 0 Å². The monoisotopic (exact) mass is 434 g/mol. The zero-order valence-corrected chi connectivity index (χ0v) is 18.5. The molecule has 31 heavy (non-hydrogen) atoms. The van der Waals surface area contributed by atoms with Gasteiger partial charge >= 0.3 is 11.9 Å². The maximum absolute atomic E-state index is 10.4. The summed E-state index contributed by atoms with van der Waals surface area (Å²) < 4.78 is 0. The number of carboxylic acids is 2. The Morgan fingerprint density at radius 2 is 1.35 bits per heavy atom. The van der Waals surface area contributed by atoms with Crippen molar-refractivity contribution >= 4 is 17.8 Å². The molecule has 0 aliphatic rings. The predicted octanol–water partition coefficient (Wildman–Crippen LogP) is 5.35. The number of nitrogens with zero attached hydrogens (tertiary/aromatic N) is 1. The summed E-state index contributed by atoms with van der Waals surface area (Å²) in [5, 5.41) is 16.9. The topological polar surface area (TPSA) is 131 Å². The van der Waals surface area contributed by atoms with Crippen LogP contribution in [0, 0.1) is 0 Å². The van der Waals surface area contributed by atoms with Crippen LogP contribution in [0.15, 0.2) is 36.7 Å². The van der Waals surface area contributed by atoms with Crippen LogP contribution in [0.1, 0.15) is 100 Å². The molecule has 1 rings (SSSR count). The number of hydrogen-bond acceptors (Lipinski definition) is 4. The van der Waals surface area contributed by atoms with Crippen LogP contribution in [0.5, 0.6) is 0 Å². The van der Waals surface area contributed by atoms with E-state index in [0.29, 0.717) is 12.0 Å². The van der Waals surface area contributed by atoms with Crippen LogP contribution in [0.25, 0.3) is 0 Å². The van der Waals surface area contributed by atoms with Crippen molar-refractivity contribution < 1.29 is 24.6 Å². The number of unbranched alkanes of at least 4 members (excludes halogenated alkanes) is 12. The SMILES string of the molecule is NC(=O)c1cccnc1.O=C(O)C=CCCCCCCCCCCCCCCC(=O)O. The molecule has 4 N–H and O–H groups in total. The molecule has 1 heterocycles. The van der Waals surface area contributed by atoms with E-state index in [4.69, 9.17) is 15.9 Å². The van der Waals surface area contributed by atoms with Gasteiger partial charge < -0.3 is 15.9 Å². The fourth-order valence-corrected chi connectivity index (χ4v) is 3.00. The summed E-state index contributed by atoms with van der Waals surface area (Å²) in [6.07, 6.45) is 21.4. The van der Waals surface area contributed by atoms with Crippen LogP contribution < -0.4 is 5.73 Å². The summed E-state index contributed by atoms with van der Waals surface area (Å²) >= 11 is 0. The number of primary amides is 1. The van der Waals surface area contributed by atoms with E-state index in [9.17, 15) is 14.4 Å². The minimum Gasteiger partial charge on any atom is -0.481 e. The van der Waals surface area contributed by atoms with Gasteiger partial charge in [0.15, 0.2) is 0 Å². The van der Waals surface area contributed by atoms with E-state index < -0.39 is 17.8 Å². The van der Waals surface area contributed by atoms with Gasteiger partial charge in [0, 0.05) is 24.9 Å². The minimum atomic E-state index is -0.859. The Kier molecular flexibility index (Phi) is 18.8. The highest BCUT2D eigenvalue weighted by atomic mass is 16.4. The molecule has 7 heteroatoms. The first-order valence-electron chi connectivity index (χ1n) is 11.2. The lowest BCUT2D eigenvalue weighted by atomic mass is 10.0. The number of amides is 1. The van der Waals surface area contributed by atoms with E-state index in [2.05, 4.69) is 4.98 Å². The van der Waals surface area contributed by atoms with Crippen molar-refractivity contribution in [3.05, 3.63) is 42.2 Å². The van der Waals surface area contributed by atoms with Gasteiger partial charge in [-0.25, -0.2) is 4.79 Å². The number of allylic oxidation sites excluding steroid dienone is 1. The smallest absolute Gasteiger partial charge is 0.327 e. The second-order valence-electron chi connectivity index (χ2n) is 7.52. The Bertz CT molecular complexity index is 632. The average Bonchev–Trinajstić information content (AvgIpc) is 2.74. The largest absolute Gasteiger partial charge is 0.481 e. The highest BCUT2D eigenvalue weighted by Crippen LogP contribution is 2.13. The molecule has 0 unspecified atom stereocenters. The highest BCUT2D eigenvalue weighted by Gasteiger charge is 1.97.